The van der Waals surface area contributed by atoms with Gasteiger partial charge in [0, 0.05) is 12.3 Å². The summed E-state index contributed by atoms with van der Waals surface area (Å²) in [5.74, 6) is -1.36. The van der Waals surface area contributed by atoms with E-state index >= 15 is 0 Å². The molecule has 1 aromatic rings. The van der Waals surface area contributed by atoms with E-state index in [2.05, 4.69) is 0 Å². The molecule has 0 aromatic heterocycles. The first-order valence-electron chi connectivity index (χ1n) is 7.45. The van der Waals surface area contributed by atoms with Crippen LogP contribution in [0.2, 0.25) is 0 Å². The van der Waals surface area contributed by atoms with E-state index in [1.807, 2.05) is 0 Å². The summed E-state index contributed by atoms with van der Waals surface area (Å²) in [6.45, 7) is 1.95. The number of ether oxygens (including phenoxy) is 2. The third-order valence-corrected chi connectivity index (χ3v) is 3.91. The molecule has 6 nitrogen and oxygen atoms in total. The van der Waals surface area contributed by atoms with Crippen LogP contribution in [0.25, 0.3) is 0 Å². The van der Waals surface area contributed by atoms with Gasteiger partial charge in [0.2, 0.25) is 0 Å². The van der Waals surface area contributed by atoms with Crippen molar-refractivity contribution in [1.29, 1.82) is 0 Å². The number of aldehydes is 1. The molecule has 1 aliphatic rings. The number of phenolic OH excluding ortho intramolecular Hbond substituents is 2. The maximum absolute atomic E-state index is 11.9. The lowest BCUT2D eigenvalue weighted by Gasteiger charge is -2.28. The summed E-state index contributed by atoms with van der Waals surface area (Å²) in [5.41, 5.74) is 0.749. The lowest BCUT2D eigenvalue weighted by atomic mass is 9.85. The molecule has 0 spiro atoms. The van der Waals surface area contributed by atoms with E-state index in [1.54, 1.807) is 19.1 Å². The van der Waals surface area contributed by atoms with E-state index < -0.39 is 0 Å². The van der Waals surface area contributed by atoms with Crippen LogP contribution >= 0.6 is 0 Å². The van der Waals surface area contributed by atoms with Gasteiger partial charge in [0.05, 0.1) is 25.2 Å². The fourth-order valence-corrected chi connectivity index (χ4v) is 2.51. The van der Waals surface area contributed by atoms with Crippen LogP contribution in [0.3, 0.4) is 0 Å². The van der Waals surface area contributed by atoms with E-state index in [-0.39, 0.29) is 48.4 Å². The Bertz CT molecular complexity index is 595. The van der Waals surface area contributed by atoms with Crippen molar-refractivity contribution in [3.63, 3.8) is 0 Å². The molecule has 1 unspecified atom stereocenters. The second kappa shape index (κ2) is 7.67. The Balaban J connectivity index is 1.80. The first kappa shape index (κ1) is 16.9. The average molecular weight is 320 g/mol. The SMILES string of the molecule is C[C@@H]1OC=C[C@@H](CC(=O)OCCc2ccc(O)c(O)c2)C1C=O. The van der Waals surface area contributed by atoms with Crippen molar-refractivity contribution in [3.8, 4) is 11.5 Å². The van der Waals surface area contributed by atoms with Gasteiger partial charge in [-0.05, 0) is 30.7 Å². The maximum atomic E-state index is 11.9. The van der Waals surface area contributed by atoms with E-state index in [0.29, 0.717) is 6.42 Å². The van der Waals surface area contributed by atoms with Gasteiger partial charge >= 0.3 is 5.97 Å². The zero-order chi connectivity index (χ0) is 16.8. The van der Waals surface area contributed by atoms with Gasteiger partial charge in [0.1, 0.15) is 12.4 Å². The van der Waals surface area contributed by atoms with E-state index in [0.717, 1.165) is 11.8 Å². The Morgan fingerprint density at radius 1 is 1.35 bits per heavy atom. The fourth-order valence-electron chi connectivity index (χ4n) is 2.51. The average Bonchev–Trinajstić information content (AvgIpc) is 2.51. The molecule has 0 radical (unpaired) electrons. The van der Waals surface area contributed by atoms with Gasteiger partial charge in [-0.3, -0.25) is 4.79 Å². The smallest absolute Gasteiger partial charge is 0.306 e. The third kappa shape index (κ3) is 4.48. The summed E-state index contributed by atoms with van der Waals surface area (Å²) >= 11 is 0. The molecule has 3 atom stereocenters. The number of hydrogen-bond donors (Lipinski definition) is 2. The van der Waals surface area contributed by atoms with Crippen LogP contribution in [-0.2, 0) is 25.5 Å². The van der Waals surface area contributed by atoms with Crippen LogP contribution in [-0.4, -0.2) is 35.2 Å². The van der Waals surface area contributed by atoms with Crippen molar-refractivity contribution in [1.82, 2.24) is 0 Å². The number of allylic oxidation sites excluding steroid dienone is 1. The molecule has 0 saturated carbocycles. The summed E-state index contributed by atoms with van der Waals surface area (Å²) in [6, 6.07) is 4.46. The largest absolute Gasteiger partial charge is 0.504 e. The van der Waals surface area contributed by atoms with Crippen LogP contribution < -0.4 is 0 Å². The second-order valence-corrected chi connectivity index (χ2v) is 5.54. The van der Waals surface area contributed by atoms with E-state index in [9.17, 15) is 19.8 Å². The molecule has 2 rings (SSSR count). The summed E-state index contributed by atoms with van der Waals surface area (Å²) in [4.78, 5) is 23.0. The molecule has 1 aromatic carbocycles. The number of esters is 1. The second-order valence-electron chi connectivity index (χ2n) is 5.54. The van der Waals surface area contributed by atoms with Gasteiger partial charge in [-0.2, -0.15) is 0 Å². The molecule has 0 saturated heterocycles. The first-order valence-corrected chi connectivity index (χ1v) is 7.45. The van der Waals surface area contributed by atoms with Gasteiger partial charge in [-0.15, -0.1) is 0 Å². The first-order chi connectivity index (χ1) is 11.0. The van der Waals surface area contributed by atoms with Gasteiger partial charge < -0.3 is 24.5 Å². The van der Waals surface area contributed by atoms with Crippen molar-refractivity contribution in [2.24, 2.45) is 11.8 Å². The van der Waals surface area contributed by atoms with Crippen molar-refractivity contribution in [2.45, 2.75) is 25.9 Å². The number of phenols is 2. The summed E-state index contributed by atoms with van der Waals surface area (Å²) in [6.07, 6.45) is 4.33. The lowest BCUT2D eigenvalue weighted by Crippen LogP contribution is -2.32. The Morgan fingerprint density at radius 2 is 2.13 bits per heavy atom. The molecular weight excluding hydrogens is 300 g/mol. The van der Waals surface area contributed by atoms with Gasteiger partial charge in [0.25, 0.3) is 0 Å². The third-order valence-electron chi connectivity index (χ3n) is 3.91. The van der Waals surface area contributed by atoms with Crippen LogP contribution in [0.15, 0.2) is 30.5 Å². The number of rotatable bonds is 6. The lowest BCUT2D eigenvalue weighted by molar-refractivity contribution is -0.145. The Kier molecular flexibility index (Phi) is 5.62. The molecule has 0 bridgehead atoms. The Hall–Kier alpha value is -2.50. The standard InChI is InChI=1S/C17H20O6/c1-11-14(10-18)13(5-7-22-11)9-17(21)23-6-4-12-2-3-15(19)16(20)8-12/h2-3,5,7-8,10-11,13-14,19-20H,4,6,9H2,1H3/t11-,13-,14?/m0/s1. The molecule has 124 valence electrons. The summed E-state index contributed by atoms with van der Waals surface area (Å²) < 4.78 is 10.4. The number of carbonyl (C=O) groups excluding carboxylic acids is 2. The monoisotopic (exact) mass is 320 g/mol. The molecular formula is C17H20O6. The maximum Gasteiger partial charge on any atom is 0.306 e. The molecule has 1 aliphatic heterocycles. The minimum atomic E-state index is -0.386. The number of aromatic hydroxyl groups is 2. The van der Waals surface area contributed by atoms with Gasteiger partial charge in [0.15, 0.2) is 11.5 Å². The zero-order valence-corrected chi connectivity index (χ0v) is 12.8. The van der Waals surface area contributed by atoms with Gasteiger partial charge in [-0.1, -0.05) is 6.07 Å². The van der Waals surface area contributed by atoms with Crippen LogP contribution in [0, 0.1) is 11.8 Å². The highest BCUT2D eigenvalue weighted by Crippen LogP contribution is 2.27. The fraction of sp³-hybridized carbons (Fsp3) is 0.412. The predicted molar refractivity (Wildman–Crippen MR) is 81.8 cm³/mol. The normalized spacial score (nSPS) is 23.1. The molecule has 0 amide bonds. The number of benzene rings is 1. The van der Waals surface area contributed by atoms with Crippen molar-refractivity contribution in [2.75, 3.05) is 6.61 Å². The Morgan fingerprint density at radius 3 is 2.83 bits per heavy atom. The van der Waals surface area contributed by atoms with Crippen molar-refractivity contribution >= 4 is 12.3 Å². The van der Waals surface area contributed by atoms with Crippen molar-refractivity contribution in [3.05, 3.63) is 36.1 Å². The molecule has 23 heavy (non-hydrogen) atoms. The highest BCUT2D eigenvalue weighted by molar-refractivity contribution is 5.71. The van der Waals surface area contributed by atoms with Crippen LogP contribution in [0.4, 0.5) is 0 Å². The van der Waals surface area contributed by atoms with Crippen LogP contribution in [0.5, 0.6) is 11.5 Å². The molecule has 6 heteroatoms. The predicted octanol–water partition coefficient (Wildman–Crippen LogP) is 1.94. The summed E-state index contributed by atoms with van der Waals surface area (Å²) in [7, 11) is 0. The topological polar surface area (TPSA) is 93.1 Å². The minimum Gasteiger partial charge on any atom is -0.504 e. The molecule has 0 aliphatic carbocycles. The molecule has 0 fully saturated rings. The quantitative estimate of drug-likeness (QED) is 0.473. The van der Waals surface area contributed by atoms with Gasteiger partial charge in [-0.25, -0.2) is 0 Å². The van der Waals surface area contributed by atoms with Crippen molar-refractivity contribution < 1.29 is 29.3 Å². The molecule has 2 N–H and O–H groups in total. The van der Waals surface area contributed by atoms with E-state index in [4.69, 9.17) is 9.47 Å². The zero-order valence-electron chi connectivity index (χ0n) is 12.8. The minimum absolute atomic E-state index is 0.119. The number of hydrogen-bond acceptors (Lipinski definition) is 6. The highest BCUT2D eigenvalue weighted by atomic mass is 16.5. The highest BCUT2D eigenvalue weighted by Gasteiger charge is 2.30. The molecule has 1 heterocycles. The number of carbonyl (C=O) groups is 2. The Labute approximate surface area is 134 Å². The van der Waals surface area contributed by atoms with Crippen LogP contribution in [0.1, 0.15) is 18.9 Å². The summed E-state index contributed by atoms with van der Waals surface area (Å²) in [5, 5.41) is 18.6. The van der Waals surface area contributed by atoms with E-state index in [1.165, 1.54) is 18.4 Å².